The smallest absolute Gasteiger partial charge is 0.338 e. The van der Waals surface area contributed by atoms with Crippen LogP contribution in [0.15, 0.2) is 54.2 Å². The molecular formula is C20H19N3O6. The number of carbonyl (C=O) groups excluding carboxylic acids is 3. The Morgan fingerprint density at radius 3 is 2.41 bits per heavy atom. The van der Waals surface area contributed by atoms with Crippen LogP contribution < -0.4 is 10.6 Å². The summed E-state index contributed by atoms with van der Waals surface area (Å²) < 4.78 is 4.89. The Bertz CT molecular complexity index is 966. The summed E-state index contributed by atoms with van der Waals surface area (Å²) >= 11 is 0. The summed E-state index contributed by atoms with van der Waals surface area (Å²) in [6.45, 7) is 3.19. The van der Waals surface area contributed by atoms with Gasteiger partial charge in [0.2, 0.25) is 5.91 Å². The topological polar surface area (TPSA) is 128 Å². The number of hydrogen-bond acceptors (Lipinski definition) is 6. The Kier molecular flexibility index (Phi) is 7.19. The zero-order chi connectivity index (χ0) is 21.4. The number of anilines is 1. The molecule has 2 aromatic rings. The molecular weight excluding hydrogens is 378 g/mol. The number of rotatable bonds is 7. The summed E-state index contributed by atoms with van der Waals surface area (Å²) in [6, 6.07) is 11.7. The fourth-order valence-corrected chi connectivity index (χ4v) is 2.35. The zero-order valence-corrected chi connectivity index (χ0v) is 15.8. The molecule has 9 heteroatoms. The van der Waals surface area contributed by atoms with E-state index in [1.807, 2.05) is 0 Å². The van der Waals surface area contributed by atoms with E-state index in [4.69, 9.17) is 4.74 Å². The van der Waals surface area contributed by atoms with E-state index in [0.29, 0.717) is 16.8 Å². The maximum atomic E-state index is 12.6. The maximum absolute atomic E-state index is 12.6. The van der Waals surface area contributed by atoms with Gasteiger partial charge < -0.3 is 15.4 Å². The first-order valence-corrected chi connectivity index (χ1v) is 8.62. The molecule has 2 amide bonds. The molecule has 2 rings (SSSR count). The average Bonchev–Trinajstić information content (AvgIpc) is 2.68. The van der Waals surface area contributed by atoms with Gasteiger partial charge in [-0.15, -0.1) is 0 Å². The summed E-state index contributed by atoms with van der Waals surface area (Å²) in [4.78, 5) is 46.1. The van der Waals surface area contributed by atoms with Crippen molar-refractivity contribution in [3.05, 3.63) is 75.5 Å². The minimum atomic E-state index is -0.629. The summed E-state index contributed by atoms with van der Waals surface area (Å²) in [6.07, 6.45) is 1.33. The summed E-state index contributed by atoms with van der Waals surface area (Å²) in [5, 5.41) is 15.9. The normalized spacial score (nSPS) is 10.8. The van der Waals surface area contributed by atoms with Gasteiger partial charge in [-0.3, -0.25) is 19.7 Å². The average molecular weight is 397 g/mol. The van der Waals surface area contributed by atoms with Gasteiger partial charge >= 0.3 is 5.97 Å². The van der Waals surface area contributed by atoms with E-state index in [0.717, 1.165) is 0 Å². The third-order valence-electron chi connectivity index (χ3n) is 3.60. The lowest BCUT2D eigenvalue weighted by molar-refractivity contribution is -0.384. The van der Waals surface area contributed by atoms with Crippen LogP contribution in [0.4, 0.5) is 11.4 Å². The monoisotopic (exact) mass is 397 g/mol. The molecule has 0 unspecified atom stereocenters. The lowest BCUT2D eigenvalue weighted by Gasteiger charge is -2.10. The van der Waals surface area contributed by atoms with E-state index in [2.05, 4.69) is 10.6 Å². The molecule has 9 nitrogen and oxygen atoms in total. The van der Waals surface area contributed by atoms with Crippen LogP contribution in [0.5, 0.6) is 0 Å². The van der Waals surface area contributed by atoms with E-state index in [9.17, 15) is 24.5 Å². The quantitative estimate of drug-likeness (QED) is 0.320. The molecule has 0 radical (unpaired) electrons. The Morgan fingerprint density at radius 2 is 1.83 bits per heavy atom. The second kappa shape index (κ2) is 9.79. The highest BCUT2D eigenvalue weighted by molar-refractivity contribution is 6.08. The van der Waals surface area contributed by atoms with Crippen LogP contribution in [0.25, 0.3) is 6.08 Å². The van der Waals surface area contributed by atoms with E-state index in [-0.39, 0.29) is 18.0 Å². The highest BCUT2D eigenvalue weighted by atomic mass is 16.6. The van der Waals surface area contributed by atoms with Crippen LogP contribution in [0, 0.1) is 10.1 Å². The highest BCUT2D eigenvalue weighted by Gasteiger charge is 2.14. The van der Waals surface area contributed by atoms with Crippen molar-refractivity contribution in [2.24, 2.45) is 0 Å². The van der Waals surface area contributed by atoms with Gasteiger partial charge in [-0.2, -0.15) is 0 Å². The fourth-order valence-electron chi connectivity index (χ4n) is 2.35. The number of hydrogen-bond donors (Lipinski definition) is 2. The van der Waals surface area contributed by atoms with Gasteiger partial charge in [0.25, 0.3) is 11.6 Å². The lowest BCUT2D eigenvalue weighted by Crippen LogP contribution is -2.29. The number of non-ortho nitro benzene ring substituents is 1. The van der Waals surface area contributed by atoms with Crippen molar-refractivity contribution >= 4 is 35.2 Å². The molecule has 0 heterocycles. The van der Waals surface area contributed by atoms with Crippen molar-refractivity contribution in [3.63, 3.8) is 0 Å². The summed E-state index contributed by atoms with van der Waals surface area (Å²) in [5.74, 6) is -1.58. The molecule has 0 bridgehead atoms. The number of amides is 2. The first-order valence-electron chi connectivity index (χ1n) is 8.62. The summed E-state index contributed by atoms with van der Waals surface area (Å²) in [5.41, 5.74) is 0.858. The Balaban J connectivity index is 2.23. The zero-order valence-electron chi connectivity index (χ0n) is 15.8. The largest absolute Gasteiger partial charge is 0.462 e. The van der Waals surface area contributed by atoms with Gasteiger partial charge in [-0.1, -0.05) is 12.1 Å². The number of nitrogens with one attached hydrogen (secondary N) is 2. The Hall–Kier alpha value is -4.01. The lowest BCUT2D eigenvalue weighted by atomic mass is 10.1. The number of benzene rings is 2. The van der Waals surface area contributed by atoms with Crippen molar-refractivity contribution < 1.29 is 24.0 Å². The van der Waals surface area contributed by atoms with Crippen LogP contribution in [0.3, 0.4) is 0 Å². The SMILES string of the molecule is CCOC(=O)c1ccc(NC(=O)C(=Cc2cccc([N+](=O)[O-])c2)NC(C)=O)cc1. The van der Waals surface area contributed by atoms with Gasteiger partial charge in [0.15, 0.2) is 0 Å². The third-order valence-corrected chi connectivity index (χ3v) is 3.60. The molecule has 150 valence electrons. The summed E-state index contributed by atoms with van der Waals surface area (Å²) in [7, 11) is 0. The molecule has 0 atom stereocenters. The predicted molar refractivity (Wildman–Crippen MR) is 106 cm³/mol. The van der Waals surface area contributed by atoms with Crippen molar-refractivity contribution in [1.29, 1.82) is 0 Å². The first-order chi connectivity index (χ1) is 13.8. The van der Waals surface area contributed by atoms with Gasteiger partial charge in [0.05, 0.1) is 17.1 Å². The molecule has 29 heavy (non-hydrogen) atoms. The number of ether oxygens (including phenoxy) is 1. The van der Waals surface area contributed by atoms with E-state index >= 15 is 0 Å². The highest BCUT2D eigenvalue weighted by Crippen LogP contribution is 2.16. The number of nitro benzene ring substituents is 1. The first kappa shape index (κ1) is 21.3. The van der Waals surface area contributed by atoms with Crippen LogP contribution in [-0.2, 0) is 14.3 Å². The standard InChI is InChI=1S/C20H19N3O6/c1-3-29-20(26)15-7-9-16(10-8-15)22-19(25)18(21-13(2)24)12-14-5-4-6-17(11-14)23(27)28/h4-12H,3H2,1-2H3,(H,21,24)(H,22,25). The van der Waals surface area contributed by atoms with Gasteiger partial charge in [-0.25, -0.2) is 4.79 Å². The van der Waals surface area contributed by atoms with Gasteiger partial charge in [-0.05, 0) is 42.8 Å². The number of carbonyl (C=O) groups is 3. The van der Waals surface area contributed by atoms with Crippen molar-refractivity contribution in [3.8, 4) is 0 Å². The molecule has 0 saturated heterocycles. The van der Waals surface area contributed by atoms with Crippen LogP contribution in [-0.4, -0.2) is 29.3 Å². The third kappa shape index (κ3) is 6.28. The fraction of sp³-hybridized carbons (Fsp3) is 0.150. The van der Waals surface area contributed by atoms with Gasteiger partial charge in [0, 0.05) is 24.7 Å². The molecule has 0 aliphatic carbocycles. The Labute approximate surface area is 166 Å². The molecule has 0 spiro atoms. The van der Waals surface area contributed by atoms with Gasteiger partial charge in [0.1, 0.15) is 5.70 Å². The van der Waals surface area contributed by atoms with E-state index < -0.39 is 22.7 Å². The number of esters is 1. The molecule has 2 N–H and O–H groups in total. The number of nitrogens with zero attached hydrogens (tertiary/aromatic N) is 1. The molecule has 0 fully saturated rings. The molecule has 0 aliphatic heterocycles. The molecule has 0 aromatic heterocycles. The minimum Gasteiger partial charge on any atom is -0.462 e. The van der Waals surface area contributed by atoms with Crippen LogP contribution in [0.2, 0.25) is 0 Å². The van der Waals surface area contributed by atoms with Crippen molar-refractivity contribution in [1.82, 2.24) is 5.32 Å². The second-order valence-electron chi connectivity index (χ2n) is 5.84. The predicted octanol–water partition coefficient (Wildman–Crippen LogP) is 2.89. The molecule has 0 aliphatic rings. The van der Waals surface area contributed by atoms with Crippen LogP contribution >= 0.6 is 0 Å². The van der Waals surface area contributed by atoms with Crippen molar-refractivity contribution in [2.75, 3.05) is 11.9 Å². The Morgan fingerprint density at radius 1 is 1.14 bits per heavy atom. The van der Waals surface area contributed by atoms with Crippen molar-refractivity contribution in [2.45, 2.75) is 13.8 Å². The minimum absolute atomic E-state index is 0.0903. The molecule has 2 aromatic carbocycles. The van der Waals surface area contributed by atoms with E-state index in [1.54, 1.807) is 13.0 Å². The maximum Gasteiger partial charge on any atom is 0.338 e. The second-order valence-corrected chi connectivity index (χ2v) is 5.84. The van der Waals surface area contributed by atoms with Crippen LogP contribution in [0.1, 0.15) is 29.8 Å². The number of nitro groups is 1. The van der Waals surface area contributed by atoms with E-state index in [1.165, 1.54) is 55.5 Å². The molecule has 0 saturated carbocycles.